The van der Waals surface area contributed by atoms with Gasteiger partial charge in [-0.1, -0.05) is 0 Å². The van der Waals surface area contributed by atoms with Crippen molar-refractivity contribution in [2.45, 2.75) is 18.9 Å². The van der Waals surface area contributed by atoms with Gasteiger partial charge in [-0.05, 0) is 12.8 Å². The van der Waals surface area contributed by atoms with E-state index in [4.69, 9.17) is 22.0 Å². The Balaban J connectivity index is 4.51. The van der Waals surface area contributed by atoms with Gasteiger partial charge in [-0.25, -0.2) is 0 Å². The molecule has 14 heteroatoms. The molecule has 0 saturated heterocycles. The molecule has 28 heavy (non-hydrogen) atoms. The summed E-state index contributed by atoms with van der Waals surface area (Å²) in [6.07, 6.45) is 0.487. The maximum atomic E-state index is 12.0. The van der Waals surface area contributed by atoms with Crippen LogP contribution in [0.2, 0.25) is 0 Å². The molecule has 0 radical (unpaired) electrons. The standard InChI is InChI=1S/C14H26N8O6/c15-4-9(23)19-5-10(24)20-6-11(25)22-8(2-1-3-18-14(16)17)13(28)21-7-12(26)27/h8H,1-7,15H2,(H,19,23)(H,20,24)(H,21,28)(H,22,25)(H,26,27)(H4,16,17,18)/t8-/m0/s1. The third kappa shape index (κ3) is 12.9. The van der Waals surface area contributed by atoms with E-state index in [1.54, 1.807) is 0 Å². The Hall–Kier alpha value is -3.42. The Morgan fingerprint density at radius 3 is 2.07 bits per heavy atom. The lowest BCUT2D eigenvalue weighted by molar-refractivity contribution is -0.138. The first-order chi connectivity index (χ1) is 13.1. The molecule has 0 aliphatic rings. The van der Waals surface area contributed by atoms with Gasteiger partial charge in [0.05, 0.1) is 19.6 Å². The maximum Gasteiger partial charge on any atom is 0.322 e. The van der Waals surface area contributed by atoms with Crippen molar-refractivity contribution in [1.82, 2.24) is 26.6 Å². The highest BCUT2D eigenvalue weighted by molar-refractivity contribution is 5.92. The molecule has 11 N–H and O–H groups in total. The molecule has 0 saturated carbocycles. The highest BCUT2D eigenvalue weighted by atomic mass is 16.4. The lowest BCUT2D eigenvalue weighted by Crippen LogP contribution is -2.51. The molecule has 4 amide bonds. The smallest absolute Gasteiger partial charge is 0.322 e. The summed E-state index contributed by atoms with van der Waals surface area (Å²) < 4.78 is 0. The van der Waals surface area contributed by atoms with Crippen LogP contribution in [0, 0.1) is 5.41 Å². The number of guanidine groups is 1. The van der Waals surface area contributed by atoms with Crippen molar-refractivity contribution in [2.24, 2.45) is 11.5 Å². The van der Waals surface area contributed by atoms with Gasteiger partial charge in [0, 0.05) is 6.54 Å². The summed E-state index contributed by atoms with van der Waals surface area (Å²) in [7, 11) is 0. The third-order valence-electron chi connectivity index (χ3n) is 3.13. The second kappa shape index (κ2) is 13.7. The Bertz CT molecular complexity index is 596. The SMILES string of the molecule is N=C(N)NCCC[C@H](NC(=O)CNC(=O)CNC(=O)CN)C(=O)NCC(=O)O. The quantitative estimate of drug-likeness (QED) is 0.0813. The molecule has 158 valence electrons. The van der Waals surface area contributed by atoms with E-state index in [1.165, 1.54) is 0 Å². The number of aliphatic carboxylic acids is 1. The van der Waals surface area contributed by atoms with Gasteiger partial charge in [-0.2, -0.15) is 0 Å². The topological polar surface area (TPSA) is 242 Å². The molecule has 0 fully saturated rings. The lowest BCUT2D eigenvalue weighted by Gasteiger charge is -2.18. The summed E-state index contributed by atoms with van der Waals surface area (Å²) in [6, 6.07) is -1.05. The van der Waals surface area contributed by atoms with Crippen molar-refractivity contribution < 1.29 is 29.1 Å². The molecular weight excluding hydrogens is 376 g/mol. The zero-order valence-electron chi connectivity index (χ0n) is 15.2. The monoisotopic (exact) mass is 402 g/mol. The molecule has 0 rings (SSSR count). The predicted octanol–water partition coefficient (Wildman–Crippen LogP) is -4.87. The summed E-state index contributed by atoms with van der Waals surface area (Å²) >= 11 is 0. The van der Waals surface area contributed by atoms with Gasteiger partial charge >= 0.3 is 5.97 Å². The number of carboxylic acid groups (broad SMARTS) is 1. The Morgan fingerprint density at radius 2 is 1.50 bits per heavy atom. The molecule has 0 unspecified atom stereocenters. The van der Waals surface area contributed by atoms with Crippen molar-refractivity contribution in [1.29, 1.82) is 5.41 Å². The Kier molecular flexibility index (Phi) is 12.1. The molecule has 0 spiro atoms. The highest BCUT2D eigenvalue weighted by Crippen LogP contribution is 1.97. The fourth-order valence-corrected chi connectivity index (χ4v) is 1.82. The number of carbonyl (C=O) groups is 5. The van der Waals surface area contributed by atoms with Crippen molar-refractivity contribution in [3.63, 3.8) is 0 Å². The number of hydrogen-bond acceptors (Lipinski definition) is 7. The van der Waals surface area contributed by atoms with E-state index in [9.17, 15) is 24.0 Å². The number of hydrogen-bond donors (Lipinski definition) is 9. The van der Waals surface area contributed by atoms with E-state index in [1.807, 2.05) is 0 Å². The predicted molar refractivity (Wildman–Crippen MR) is 96.8 cm³/mol. The van der Waals surface area contributed by atoms with Gasteiger partial charge in [0.15, 0.2) is 5.96 Å². The number of rotatable bonds is 13. The van der Waals surface area contributed by atoms with Crippen molar-refractivity contribution in [3.8, 4) is 0 Å². The van der Waals surface area contributed by atoms with E-state index >= 15 is 0 Å². The van der Waals surface area contributed by atoms with Crippen molar-refractivity contribution >= 4 is 35.6 Å². The zero-order chi connectivity index (χ0) is 21.5. The van der Waals surface area contributed by atoms with Crippen molar-refractivity contribution in [2.75, 3.05) is 32.7 Å². The molecule has 0 aliphatic carbocycles. The number of nitrogens with two attached hydrogens (primary N) is 2. The van der Waals surface area contributed by atoms with Gasteiger partial charge in [-0.15, -0.1) is 0 Å². The largest absolute Gasteiger partial charge is 0.480 e. The van der Waals surface area contributed by atoms with E-state index in [0.29, 0.717) is 6.42 Å². The normalized spacial score (nSPS) is 10.9. The van der Waals surface area contributed by atoms with Crippen molar-refractivity contribution in [3.05, 3.63) is 0 Å². The zero-order valence-corrected chi connectivity index (χ0v) is 15.2. The van der Waals surface area contributed by atoms with Crippen LogP contribution < -0.4 is 38.1 Å². The number of carbonyl (C=O) groups excluding carboxylic acids is 4. The van der Waals surface area contributed by atoms with Gasteiger partial charge in [0.25, 0.3) is 0 Å². The molecule has 0 aromatic carbocycles. The van der Waals surface area contributed by atoms with Gasteiger partial charge in [-0.3, -0.25) is 29.4 Å². The first-order valence-electron chi connectivity index (χ1n) is 8.26. The Labute approximate surface area is 160 Å². The summed E-state index contributed by atoms with van der Waals surface area (Å²) in [4.78, 5) is 57.0. The molecule has 0 bridgehead atoms. The molecule has 0 aromatic heterocycles. The molecule has 0 aliphatic heterocycles. The fraction of sp³-hybridized carbons (Fsp3) is 0.571. The number of carboxylic acids is 1. The summed E-state index contributed by atoms with van der Waals surface area (Å²) in [5.74, 6) is -4.05. The summed E-state index contributed by atoms with van der Waals surface area (Å²) in [5, 5.41) is 27.2. The lowest BCUT2D eigenvalue weighted by atomic mass is 10.1. The van der Waals surface area contributed by atoms with E-state index in [2.05, 4.69) is 26.6 Å². The third-order valence-corrected chi connectivity index (χ3v) is 3.13. The minimum atomic E-state index is -1.25. The Morgan fingerprint density at radius 1 is 0.893 bits per heavy atom. The van der Waals surface area contributed by atoms with Gasteiger partial charge in [0.1, 0.15) is 12.6 Å². The van der Waals surface area contributed by atoms with Gasteiger partial charge < -0.3 is 43.2 Å². The van der Waals surface area contributed by atoms with E-state index in [0.717, 1.165) is 0 Å². The van der Waals surface area contributed by atoms with Crippen LogP contribution in [-0.4, -0.2) is 79.4 Å². The van der Waals surface area contributed by atoms with E-state index in [-0.39, 0.29) is 32.0 Å². The number of nitrogens with one attached hydrogen (secondary N) is 6. The second-order valence-electron chi connectivity index (χ2n) is 5.47. The fourth-order valence-electron chi connectivity index (χ4n) is 1.82. The van der Waals surface area contributed by atoms with Crippen LogP contribution in [0.4, 0.5) is 0 Å². The molecule has 1 atom stereocenters. The average molecular weight is 402 g/mol. The molecule has 0 heterocycles. The minimum absolute atomic E-state index is 0.137. The van der Waals surface area contributed by atoms with Crippen LogP contribution in [0.25, 0.3) is 0 Å². The molecule has 0 aromatic rings. The number of amides is 4. The maximum absolute atomic E-state index is 12.0. The van der Waals surface area contributed by atoms with Crippen LogP contribution in [0.1, 0.15) is 12.8 Å². The van der Waals surface area contributed by atoms with E-state index < -0.39 is 48.7 Å². The summed E-state index contributed by atoms with van der Waals surface area (Å²) in [6.45, 7) is -1.44. The van der Waals surface area contributed by atoms with Crippen LogP contribution in [-0.2, 0) is 24.0 Å². The minimum Gasteiger partial charge on any atom is -0.480 e. The summed E-state index contributed by atoms with van der Waals surface area (Å²) in [5.41, 5.74) is 10.2. The van der Waals surface area contributed by atoms with Crippen LogP contribution in [0.5, 0.6) is 0 Å². The highest BCUT2D eigenvalue weighted by Gasteiger charge is 2.21. The average Bonchev–Trinajstić information content (AvgIpc) is 2.64. The van der Waals surface area contributed by atoms with Crippen LogP contribution >= 0.6 is 0 Å². The molecule has 14 nitrogen and oxygen atoms in total. The van der Waals surface area contributed by atoms with Gasteiger partial charge in [0.2, 0.25) is 23.6 Å². The first-order valence-corrected chi connectivity index (χ1v) is 8.26. The molecular formula is C14H26N8O6. The first kappa shape index (κ1) is 24.6. The van der Waals surface area contributed by atoms with Crippen LogP contribution in [0.3, 0.4) is 0 Å². The second-order valence-corrected chi connectivity index (χ2v) is 5.47. The van der Waals surface area contributed by atoms with Crippen LogP contribution in [0.15, 0.2) is 0 Å².